The monoisotopic (exact) mass is 324 g/mol. The lowest BCUT2D eigenvalue weighted by Crippen LogP contribution is -2.25. The predicted molar refractivity (Wildman–Crippen MR) is 86.8 cm³/mol. The molecule has 0 nitrogen and oxygen atoms in total. The molecular weight excluding hydrogens is 297 g/mol. The average Bonchev–Trinajstić information content (AvgIpc) is 2.59. The molecule has 0 aromatic heterocycles. The van der Waals surface area contributed by atoms with Gasteiger partial charge in [-0.1, -0.05) is 26.2 Å². The lowest BCUT2D eigenvalue weighted by atomic mass is 9.68. The van der Waals surface area contributed by atoms with Crippen LogP contribution in [0.4, 0.5) is 13.2 Å². The van der Waals surface area contributed by atoms with Gasteiger partial charge in [0, 0.05) is 0 Å². The first-order valence-corrected chi connectivity index (χ1v) is 9.22. The molecule has 0 spiro atoms. The van der Waals surface area contributed by atoms with E-state index < -0.39 is 17.5 Å². The van der Waals surface area contributed by atoms with Crippen LogP contribution in [-0.4, -0.2) is 0 Å². The fraction of sp³-hybridized carbons (Fsp3) is 0.700. The first-order valence-electron chi connectivity index (χ1n) is 9.22. The molecule has 0 heterocycles. The third kappa shape index (κ3) is 3.75. The van der Waals surface area contributed by atoms with Crippen molar-refractivity contribution in [2.24, 2.45) is 17.8 Å². The van der Waals surface area contributed by atoms with E-state index in [0.717, 1.165) is 43.4 Å². The smallest absolute Gasteiger partial charge is 0.194 e. The van der Waals surface area contributed by atoms with Gasteiger partial charge in [-0.25, -0.2) is 13.2 Å². The van der Waals surface area contributed by atoms with E-state index in [1.54, 1.807) is 0 Å². The lowest BCUT2D eigenvalue weighted by Gasteiger charge is -2.38. The summed E-state index contributed by atoms with van der Waals surface area (Å²) >= 11 is 0. The van der Waals surface area contributed by atoms with Gasteiger partial charge >= 0.3 is 0 Å². The molecule has 0 aliphatic heterocycles. The Morgan fingerprint density at radius 1 is 0.783 bits per heavy atom. The Morgan fingerprint density at radius 3 is 1.74 bits per heavy atom. The van der Waals surface area contributed by atoms with E-state index in [4.69, 9.17) is 0 Å². The van der Waals surface area contributed by atoms with Crippen LogP contribution >= 0.6 is 0 Å². The number of benzene rings is 1. The molecule has 2 saturated carbocycles. The van der Waals surface area contributed by atoms with Crippen molar-refractivity contribution < 1.29 is 13.2 Å². The second-order valence-electron chi connectivity index (χ2n) is 7.60. The minimum atomic E-state index is -1.35. The van der Waals surface area contributed by atoms with Crippen LogP contribution in [-0.2, 0) is 0 Å². The van der Waals surface area contributed by atoms with E-state index in [2.05, 4.69) is 6.92 Å². The Balaban J connectivity index is 1.56. The maximum Gasteiger partial charge on any atom is 0.194 e. The number of hydrogen-bond donors (Lipinski definition) is 0. The lowest BCUT2D eigenvalue weighted by molar-refractivity contribution is 0.158. The Hall–Kier alpha value is -0.990. The minimum absolute atomic E-state index is 0.183. The van der Waals surface area contributed by atoms with Crippen LogP contribution in [0, 0.1) is 35.2 Å². The maximum absolute atomic E-state index is 13.4. The Morgan fingerprint density at radius 2 is 1.26 bits per heavy atom. The molecule has 0 saturated heterocycles. The van der Waals surface area contributed by atoms with Crippen molar-refractivity contribution in [1.29, 1.82) is 0 Å². The summed E-state index contributed by atoms with van der Waals surface area (Å²) < 4.78 is 39.9. The summed E-state index contributed by atoms with van der Waals surface area (Å²) in [5.74, 6) is -0.731. The van der Waals surface area contributed by atoms with Gasteiger partial charge in [0.1, 0.15) is 0 Å². The molecule has 0 unspecified atom stereocenters. The highest BCUT2D eigenvalue weighted by Gasteiger charge is 2.31. The molecule has 128 valence electrons. The third-order valence-corrected chi connectivity index (χ3v) is 6.38. The zero-order chi connectivity index (χ0) is 16.4. The summed E-state index contributed by atoms with van der Waals surface area (Å²) in [5, 5.41) is 0. The van der Waals surface area contributed by atoms with Crippen LogP contribution in [0.3, 0.4) is 0 Å². The van der Waals surface area contributed by atoms with Gasteiger partial charge in [0.2, 0.25) is 0 Å². The summed E-state index contributed by atoms with van der Waals surface area (Å²) in [4.78, 5) is 0. The van der Waals surface area contributed by atoms with E-state index in [0.29, 0.717) is 5.56 Å². The average molecular weight is 324 g/mol. The Bertz CT molecular complexity index is 501. The van der Waals surface area contributed by atoms with Gasteiger partial charge in [-0.05, 0) is 79.9 Å². The van der Waals surface area contributed by atoms with E-state index in [-0.39, 0.29) is 5.92 Å². The van der Waals surface area contributed by atoms with Gasteiger partial charge in [-0.3, -0.25) is 0 Å². The van der Waals surface area contributed by atoms with Crippen LogP contribution in [0.5, 0.6) is 0 Å². The van der Waals surface area contributed by atoms with Crippen molar-refractivity contribution >= 4 is 0 Å². The summed E-state index contributed by atoms with van der Waals surface area (Å²) in [6, 6.07) is 2.38. The maximum atomic E-state index is 13.4. The summed E-state index contributed by atoms with van der Waals surface area (Å²) in [6.07, 6.45) is 11.0. The minimum Gasteiger partial charge on any atom is -0.204 e. The molecule has 0 N–H and O–H groups in total. The van der Waals surface area contributed by atoms with Crippen molar-refractivity contribution in [3.05, 3.63) is 35.1 Å². The summed E-state index contributed by atoms with van der Waals surface area (Å²) in [5.41, 5.74) is 0.634. The standard InChI is InChI=1S/C20H27F3/c1-2-13-3-5-14(6-4-13)15-7-9-16(10-8-15)17-11-18(21)20(23)19(22)12-17/h11-16H,2-10H2,1H3/t13?,14?,15-,16-. The summed E-state index contributed by atoms with van der Waals surface area (Å²) in [7, 11) is 0. The molecule has 0 radical (unpaired) electrons. The molecule has 2 aliphatic carbocycles. The molecule has 23 heavy (non-hydrogen) atoms. The van der Waals surface area contributed by atoms with E-state index in [9.17, 15) is 13.2 Å². The largest absolute Gasteiger partial charge is 0.204 e. The van der Waals surface area contributed by atoms with Gasteiger partial charge in [0.25, 0.3) is 0 Å². The SMILES string of the molecule is CCC1CCC([C@H]2CC[C@H](c3cc(F)c(F)c(F)c3)CC2)CC1. The van der Waals surface area contributed by atoms with Crippen LogP contribution in [0.15, 0.2) is 12.1 Å². The predicted octanol–water partition coefficient (Wildman–Crippen LogP) is 6.59. The second-order valence-corrected chi connectivity index (χ2v) is 7.60. The zero-order valence-electron chi connectivity index (χ0n) is 14.0. The molecule has 1 aromatic rings. The molecule has 0 bridgehead atoms. The molecule has 2 fully saturated rings. The Kier molecular flexibility index (Phi) is 5.33. The Labute approximate surface area is 137 Å². The first-order chi connectivity index (χ1) is 11.1. The molecule has 0 amide bonds. The molecule has 3 heteroatoms. The van der Waals surface area contributed by atoms with Gasteiger partial charge in [0.05, 0.1) is 0 Å². The van der Waals surface area contributed by atoms with Crippen LogP contribution in [0.2, 0.25) is 0 Å². The van der Waals surface area contributed by atoms with Gasteiger partial charge in [0.15, 0.2) is 17.5 Å². The van der Waals surface area contributed by atoms with E-state index in [1.807, 2.05) is 0 Å². The van der Waals surface area contributed by atoms with Crippen molar-refractivity contribution in [2.45, 2.75) is 70.6 Å². The van der Waals surface area contributed by atoms with E-state index >= 15 is 0 Å². The van der Waals surface area contributed by atoms with Crippen LogP contribution in [0.1, 0.15) is 76.2 Å². The van der Waals surface area contributed by atoms with Crippen LogP contribution < -0.4 is 0 Å². The topological polar surface area (TPSA) is 0 Å². The van der Waals surface area contributed by atoms with Crippen molar-refractivity contribution in [1.82, 2.24) is 0 Å². The highest BCUT2D eigenvalue weighted by molar-refractivity contribution is 5.23. The molecule has 1 aromatic carbocycles. The molecule has 0 atom stereocenters. The fourth-order valence-electron chi connectivity index (χ4n) is 4.80. The molecular formula is C20H27F3. The zero-order valence-corrected chi connectivity index (χ0v) is 14.0. The fourth-order valence-corrected chi connectivity index (χ4v) is 4.80. The van der Waals surface area contributed by atoms with Crippen molar-refractivity contribution in [2.75, 3.05) is 0 Å². The van der Waals surface area contributed by atoms with Crippen LogP contribution in [0.25, 0.3) is 0 Å². The highest BCUT2D eigenvalue weighted by Crippen LogP contribution is 2.44. The van der Waals surface area contributed by atoms with E-state index in [1.165, 1.54) is 44.2 Å². The number of rotatable bonds is 3. The molecule has 2 aliphatic rings. The quantitative estimate of drug-likeness (QED) is 0.550. The van der Waals surface area contributed by atoms with Crippen molar-refractivity contribution in [3.63, 3.8) is 0 Å². The first kappa shape index (κ1) is 16.9. The summed E-state index contributed by atoms with van der Waals surface area (Å²) in [6.45, 7) is 2.29. The number of halogens is 3. The normalized spacial score (nSPS) is 32.0. The van der Waals surface area contributed by atoms with Gasteiger partial charge in [-0.2, -0.15) is 0 Å². The molecule has 3 rings (SSSR count). The highest BCUT2D eigenvalue weighted by atomic mass is 19.2. The van der Waals surface area contributed by atoms with Gasteiger partial charge < -0.3 is 0 Å². The number of hydrogen-bond acceptors (Lipinski definition) is 0. The third-order valence-electron chi connectivity index (χ3n) is 6.38. The second kappa shape index (κ2) is 7.27. The van der Waals surface area contributed by atoms with Gasteiger partial charge in [-0.15, -0.1) is 0 Å². The van der Waals surface area contributed by atoms with Crippen molar-refractivity contribution in [3.8, 4) is 0 Å².